The Morgan fingerprint density at radius 1 is 1.21 bits per heavy atom. The van der Waals surface area contributed by atoms with Crippen LogP contribution < -0.4 is 0 Å². The molecule has 3 aromatic rings. The van der Waals surface area contributed by atoms with Crippen LogP contribution in [-0.4, -0.2) is 9.55 Å². The molecule has 0 aliphatic heterocycles. The fraction of sp³-hybridized carbons (Fsp3) is 0.0714. The molecule has 0 unspecified atom stereocenters. The Bertz CT molecular complexity index is 754. The first-order valence-corrected chi connectivity index (χ1v) is 8.09. The van der Waals surface area contributed by atoms with E-state index in [1.165, 1.54) is 3.57 Å². The Balaban J connectivity index is 2.36. The second kappa shape index (κ2) is 5.42. The maximum atomic E-state index is 6.05. The molecule has 0 radical (unpaired) electrons. The molecule has 0 aliphatic rings. The van der Waals surface area contributed by atoms with Gasteiger partial charge in [-0.2, -0.15) is 0 Å². The van der Waals surface area contributed by atoms with Crippen molar-refractivity contribution in [2.75, 3.05) is 0 Å². The van der Waals surface area contributed by atoms with Gasteiger partial charge in [-0.15, -0.1) is 11.6 Å². The van der Waals surface area contributed by atoms with Gasteiger partial charge in [-0.3, -0.25) is 4.57 Å². The monoisotopic (exact) mass is 446 g/mol. The average molecular weight is 448 g/mol. The standard InChI is InChI=1S/C14H9BrClIN2/c15-10-3-1-2-4-12(10)19-13-6-5-9(17)7-11(13)18-14(19)8-16/h1-7H,8H2. The van der Waals surface area contributed by atoms with Crippen molar-refractivity contribution in [1.29, 1.82) is 0 Å². The van der Waals surface area contributed by atoms with Crippen molar-refractivity contribution in [3.63, 3.8) is 0 Å². The minimum atomic E-state index is 0.382. The number of hydrogen-bond donors (Lipinski definition) is 0. The number of para-hydroxylation sites is 1. The molecule has 0 saturated carbocycles. The highest BCUT2D eigenvalue weighted by molar-refractivity contribution is 14.1. The van der Waals surface area contributed by atoms with Gasteiger partial charge >= 0.3 is 0 Å². The smallest absolute Gasteiger partial charge is 0.129 e. The number of fused-ring (bicyclic) bond motifs is 1. The minimum absolute atomic E-state index is 0.382. The summed E-state index contributed by atoms with van der Waals surface area (Å²) in [5, 5.41) is 0. The molecule has 0 N–H and O–H groups in total. The van der Waals surface area contributed by atoms with Crippen LogP contribution in [0.3, 0.4) is 0 Å². The fourth-order valence-corrected chi connectivity index (χ4v) is 3.21. The topological polar surface area (TPSA) is 17.8 Å². The Hall–Kier alpha value is -0.590. The number of imidazole rings is 1. The minimum Gasteiger partial charge on any atom is -0.294 e. The summed E-state index contributed by atoms with van der Waals surface area (Å²) < 4.78 is 4.30. The molecule has 0 spiro atoms. The Morgan fingerprint density at radius 2 is 2.00 bits per heavy atom. The van der Waals surface area contributed by atoms with Gasteiger partial charge in [0.25, 0.3) is 0 Å². The first-order valence-electron chi connectivity index (χ1n) is 5.68. The van der Waals surface area contributed by atoms with E-state index in [1.807, 2.05) is 18.2 Å². The van der Waals surface area contributed by atoms with Crippen LogP contribution in [0.2, 0.25) is 0 Å². The molecule has 19 heavy (non-hydrogen) atoms. The highest BCUT2D eigenvalue weighted by Crippen LogP contribution is 2.28. The summed E-state index contributed by atoms with van der Waals surface area (Å²) >= 11 is 11.9. The quantitative estimate of drug-likeness (QED) is 0.393. The van der Waals surface area contributed by atoms with Crippen LogP contribution in [-0.2, 0) is 5.88 Å². The van der Waals surface area contributed by atoms with Crippen molar-refractivity contribution in [3.8, 4) is 5.69 Å². The van der Waals surface area contributed by atoms with Crippen molar-refractivity contribution < 1.29 is 0 Å². The van der Waals surface area contributed by atoms with E-state index in [9.17, 15) is 0 Å². The van der Waals surface area contributed by atoms with Crippen LogP contribution in [0.25, 0.3) is 16.7 Å². The summed E-state index contributed by atoms with van der Waals surface area (Å²) in [7, 11) is 0. The third kappa shape index (κ3) is 2.41. The average Bonchev–Trinajstić information content (AvgIpc) is 2.76. The largest absolute Gasteiger partial charge is 0.294 e. The van der Waals surface area contributed by atoms with E-state index >= 15 is 0 Å². The lowest BCUT2D eigenvalue weighted by molar-refractivity contribution is 0.977. The molecule has 0 aliphatic carbocycles. The summed E-state index contributed by atoms with van der Waals surface area (Å²) in [5.74, 6) is 1.23. The summed E-state index contributed by atoms with van der Waals surface area (Å²) in [5.41, 5.74) is 3.10. The molecule has 1 aromatic heterocycles. The van der Waals surface area contributed by atoms with Crippen LogP contribution in [0.4, 0.5) is 0 Å². The van der Waals surface area contributed by atoms with E-state index < -0.39 is 0 Å². The van der Waals surface area contributed by atoms with Crippen LogP contribution in [0.15, 0.2) is 46.9 Å². The third-order valence-corrected chi connectivity index (χ3v) is 4.48. The van der Waals surface area contributed by atoms with Crippen molar-refractivity contribution in [1.82, 2.24) is 9.55 Å². The lowest BCUT2D eigenvalue weighted by atomic mass is 10.3. The van der Waals surface area contributed by atoms with E-state index in [0.29, 0.717) is 5.88 Å². The number of alkyl halides is 1. The Labute approximate surface area is 138 Å². The van der Waals surface area contributed by atoms with Gasteiger partial charge in [-0.1, -0.05) is 12.1 Å². The molecule has 2 nitrogen and oxygen atoms in total. The molecular weight excluding hydrogens is 438 g/mol. The molecule has 0 atom stereocenters. The first kappa shape index (κ1) is 13.4. The summed E-state index contributed by atoms with van der Waals surface area (Å²) in [6.07, 6.45) is 0. The molecule has 0 amide bonds. The van der Waals surface area contributed by atoms with Gasteiger partial charge in [-0.05, 0) is 68.9 Å². The second-order valence-electron chi connectivity index (χ2n) is 4.08. The lowest BCUT2D eigenvalue weighted by Gasteiger charge is -2.09. The van der Waals surface area contributed by atoms with Crippen LogP contribution in [0.5, 0.6) is 0 Å². The van der Waals surface area contributed by atoms with Crippen LogP contribution in [0, 0.1) is 3.57 Å². The number of benzene rings is 2. The molecule has 3 rings (SSSR count). The van der Waals surface area contributed by atoms with Gasteiger partial charge in [0.1, 0.15) is 5.82 Å². The van der Waals surface area contributed by atoms with Gasteiger partial charge in [0.15, 0.2) is 0 Å². The molecule has 0 saturated heterocycles. The molecule has 0 bridgehead atoms. The van der Waals surface area contributed by atoms with E-state index in [0.717, 1.165) is 27.0 Å². The number of halogens is 3. The van der Waals surface area contributed by atoms with E-state index in [4.69, 9.17) is 11.6 Å². The summed E-state index contributed by atoms with van der Waals surface area (Å²) in [4.78, 5) is 4.61. The SMILES string of the molecule is ClCc1nc2cc(I)ccc2n1-c1ccccc1Br. The second-order valence-corrected chi connectivity index (χ2v) is 6.45. The van der Waals surface area contributed by atoms with E-state index in [1.54, 1.807) is 0 Å². The molecule has 96 valence electrons. The molecule has 5 heteroatoms. The van der Waals surface area contributed by atoms with Crippen LogP contribution >= 0.6 is 50.1 Å². The predicted octanol–water partition coefficient (Wildman–Crippen LogP) is 5.13. The van der Waals surface area contributed by atoms with Crippen molar-refractivity contribution in [2.45, 2.75) is 5.88 Å². The Morgan fingerprint density at radius 3 is 2.74 bits per heavy atom. The number of aromatic nitrogens is 2. The highest BCUT2D eigenvalue weighted by atomic mass is 127. The summed E-state index contributed by atoms with van der Waals surface area (Å²) in [6.45, 7) is 0. The van der Waals surface area contributed by atoms with E-state index in [2.05, 4.69) is 72.3 Å². The number of rotatable bonds is 2. The van der Waals surface area contributed by atoms with Crippen molar-refractivity contribution in [3.05, 3.63) is 56.3 Å². The van der Waals surface area contributed by atoms with E-state index in [-0.39, 0.29) is 0 Å². The van der Waals surface area contributed by atoms with Crippen LogP contribution in [0.1, 0.15) is 5.82 Å². The van der Waals surface area contributed by atoms with Gasteiger partial charge in [0.05, 0.1) is 22.6 Å². The zero-order valence-electron chi connectivity index (χ0n) is 9.78. The maximum Gasteiger partial charge on any atom is 0.129 e. The predicted molar refractivity (Wildman–Crippen MR) is 91.0 cm³/mol. The molecule has 1 heterocycles. The van der Waals surface area contributed by atoms with Gasteiger partial charge in [0, 0.05) is 8.04 Å². The fourth-order valence-electron chi connectivity index (χ4n) is 2.09. The number of hydrogen-bond acceptors (Lipinski definition) is 1. The zero-order valence-corrected chi connectivity index (χ0v) is 14.3. The lowest BCUT2D eigenvalue weighted by Crippen LogP contribution is -1.99. The van der Waals surface area contributed by atoms with Crippen molar-refractivity contribution >= 4 is 61.2 Å². The van der Waals surface area contributed by atoms with Gasteiger partial charge in [-0.25, -0.2) is 4.98 Å². The number of nitrogens with zero attached hydrogens (tertiary/aromatic N) is 2. The molecule has 2 aromatic carbocycles. The molecular formula is C14H9BrClIN2. The highest BCUT2D eigenvalue weighted by Gasteiger charge is 2.13. The van der Waals surface area contributed by atoms with Gasteiger partial charge in [0.2, 0.25) is 0 Å². The maximum absolute atomic E-state index is 6.05. The van der Waals surface area contributed by atoms with Gasteiger partial charge < -0.3 is 0 Å². The zero-order chi connectivity index (χ0) is 13.4. The normalized spacial score (nSPS) is 11.1. The van der Waals surface area contributed by atoms with Crippen molar-refractivity contribution in [2.24, 2.45) is 0 Å². The third-order valence-electron chi connectivity index (χ3n) is 2.90. The Kier molecular flexibility index (Phi) is 3.82. The molecule has 0 fully saturated rings. The summed E-state index contributed by atoms with van der Waals surface area (Å²) in [6, 6.07) is 14.3. The first-order chi connectivity index (χ1) is 9.20.